The highest BCUT2D eigenvalue weighted by Crippen LogP contribution is 2.21. The molecule has 0 spiro atoms. The van der Waals surface area contributed by atoms with Crippen LogP contribution in [0.25, 0.3) is 0 Å². The quantitative estimate of drug-likeness (QED) is 0.902. The largest absolute Gasteiger partial charge is 0.319 e. The van der Waals surface area contributed by atoms with Crippen molar-refractivity contribution in [3.63, 3.8) is 0 Å². The zero-order valence-corrected chi connectivity index (χ0v) is 10.7. The van der Waals surface area contributed by atoms with E-state index in [-0.39, 0.29) is 11.9 Å². The van der Waals surface area contributed by atoms with Gasteiger partial charge in [-0.2, -0.15) is 5.10 Å². The Morgan fingerprint density at radius 2 is 2.17 bits per heavy atom. The highest BCUT2D eigenvalue weighted by molar-refractivity contribution is 5.31. The maximum atomic E-state index is 13.2. The van der Waals surface area contributed by atoms with Crippen molar-refractivity contribution in [2.45, 2.75) is 32.9 Å². The van der Waals surface area contributed by atoms with Crippen LogP contribution in [0.3, 0.4) is 0 Å². The molecule has 1 aromatic heterocycles. The van der Waals surface area contributed by atoms with E-state index >= 15 is 0 Å². The summed E-state index contributed by atoms with van der Waals surface area (Å²) in [5, 5.41) is 4.26. The third-order valence-electron chi connectivity index (χ3n) is 3.04. The zero-order valence-electron chi connectivity index (χ0n) is 10.7. The van der Waals surface area contributed by atoms with Crippen LogP contribution < -0.4 is 5.73 Å². The number of hydrogen-bond donors (Lipinski definition) is 1. The average molecular weight is 247 g/mol. The van der Waals surface area contributed by atoms with Gasteiger partial charge in [0.1, 0.15) is 5.82 Å². The van der Waals surface area contributed by atoms with Crippen molar-refractivity contribution in [2.24, 2.45) is 5.73 Å². The van der Waals surface area contributed by atoms with Crippen molar-refractivity contribution in [1.29, 1.82) is 0 Å². The molecule has 0 amide bonds. The summed E-state index contributed by atoms with van der Waals surface area (Å²) < 4.78 is 15.2. The summed E-state index contributed by atoms with van der Waals surface area (Å²) in [7, 11) is 0. The number of aryl methyl sites for hydroxylation is 2. The Morgan fingerprint density at radius 3 is 2.83 bits per heavy atom. The second-order valence-corrected chi connectivity index (χ2v) is 4.47. The fraction of sp³-hybridized carbons (Fsp3) is 0.357. The number of hydrogen-bond acceptors (Lipinski definition) is 2. The van der Waals surface area contributed by atoms with Gasteiger partial charge in [0.25, 0.3) is 0 Å². The molecule has 1 aromatic carbocycles. The van der Waals surface area contributed by atoms with Gasteiger partial charge in [0, 0.05) is 12.7 Å². The molecule has 0 radical (unpaired) electrons. The van der Waals surface area contributed by atoms with Crippen LogP contribution in [0.5, 0.6) is 0 Å². The lowest BCUT2D eigenvalue weighted by atomic mass is 10.0. The highest BCUT2D eigenvalue weighted by atomic mass is 19.1. The molecule has 2 aromatic rings. The Kier molecular flexibility index (Phi) is 3.77. The summed E-state index contributed by atoms with van der Waals surface area (Å²) in [4.78, 5) is 0. The van der Waals surface area contributed by atoms with E-state index in [2.05, 4.69) is 12.0 Å². The van der Waals surface area contributed by atoms with E-state index in [1.807, 2.05) is 10.7 Å². The molecule has 0 aliphatic heterocycles. The summed E-state index contributed by atoms with van der Waals surface area (Å²) in [5.74, 6) is -0.201. The first-order valence-corrected chi connectivity index (χ1v) is 6.16. The molecule has 1 heterocycles. The fourth-order valence-electron chi connectivity index (χ4n) is 2.04. The number of benzene rings is 1. The van der Waals surface area contributed by atoms with Crippen LogP contribution in [0.4, 0.5) is 4.39 Å². The lowest BCUT2D eigenvalue weighted by Gasteiger charge is -2.15. The molecule has 96 valence electrons. The second-order valence-electron chi connectivity index (χ2n) is 4.47. The van der Waals surface area contributed by atoms with Crippen LogP contribution in [0.15, 0.2) is 30.5 Å². The normalized spacial score (nSPS) is 12.7. The first-order valence-electron chi connectivity index (χ1n) is 6.16. The molecular formula is C14H18FN3. The standard InChI is InChI=1S/C14H18FN3/c1-3-8-18-13(6-7-17-18)14(16)11-4-5-12(15)10(2)9-11/h4-7,9,14H,3,8,16H2,1-2H3. The van der Waals surface area contributed by atoms with Crippen molar-refractivity contribution in [3.05, 3.63) is 53.1 Å². The predicted molar refractivity (Wildman–Crippen MR) is 69.7 cm³/mol. The van der Waals surface area contributed by atoms with Crippen molar-refractivity contribution < 1.29 is 4.39 Å². The molecule has 18 heavy (non-hydrogen) atoms. The van der Waals surface area contributed by atoms with Gasteiger partial charge in [-0.15, -0.1) is 0 Å². The molecule has 0 saturated heterocycles. The van der Waals surface area contributed by atoms with Gasteiger partial charge in [-0.25, -0.2) is 4.39 Å². The van der Waals surface area contributed by atoms with Crippen molar-refractivity contribution in [1.82, 2.24) is 9.78 Å². The topological polar surface area (TPSA) is 43.8 Å². The first-order chi connectivity index (χ1) is 8.63. The van der Waals surface area contributed by atoms with Crippen LogP contribution in [0.1, 0.15) is 36.2 Å². The Hall–Kier alpha value is -1.68. The van der Waals surface area contributed by atoms with Gasteiger partial charge < -0.3 is 5.73 Å². The molecule has 1 atom stereocenters. The van der Waals surface area contributed by atoms with Gasteiger partial charge in [0.2, 0.25) is 0 Å². The van der Waals surface area contributed by atoms with Crippen LogP contribution in [0.2, 0.25) is 0 Å². The molecular weight excluding hydrogens is 229 g/mol. The summed E-state index contributed by atoms with van der Waals surface area (Å²) >= 11 is 0. The van der Waals surface area contributed by atoms with Crippen LogP contribution in [-0.4, -0.2) is 9.78 Å². The summed E-state index contributed by atoms with van der Waals surface area (Å²) in [5.41, 5.74) is 8.71. The van der Waals surface area contributed by atoms with Crippen molar-refractivity contribution >= 4 is 0 Å². The number of nitrogens with two attached hydrogens (primary N) is 1. The molecule has 4 heteroatoms. The molecule has 0 aliphatic rings. The Bertz CT molecular complexity index is 534. The van der Waals surface area contributed by atoms with E-state index in [0.29, 0.717) is 5.56 Å². The lowest BCUT2D eigenvalue weighted by Crippen LogP contribution is -2.17. The second kappa shape index (κ2) is 5.31. The zero-order chi connectivity index (χ0) is 13.1. The molecule has 0 fully saturated rings. The smallest absolute Gasteiger partial charge is 0.126 e. The number of aromatic nitrogens is 2. The van der Waals surface area contributed by atoms with Crippen molar-refractivity contribution in [2.75, 3.05) is 0 Å². The van der Waals surface area contributed by atoms with Gasteiger partial charge in [0.15, 0.2) is 0 Å². The number of halogens is 1. The van der Waals surface area contributed by atoms with Crippen LogP contribution >= 0.6 is 0 Å². The molecule has 0 saturated carbocycles. The number of rotatable bonds is 4. The van der Waals surface area contributed by atoms with Gasteiger partial charge in [-0.05, 0) is 36.6 Å². The SMILES string of the molecule is CCCn1nccc1C(N)c1ccc(F)c(C)c1. The van der Waals surface area contributed by atoms with Crippen LogP contribution in [-0.2, 0) is 6.54 Å². The van der Waals surface area contributed by atoms with E-state index in [4.69, 9.17) is 5.73 Å². The minimum absolute atomic E-state index is 0.201. The van der Waals surface area contributed by atoms with Gasteiger partial charge in [-0.1, -0.05) is 19.1 Å². The van der Waals surface area contributed by atoms with E-state index in [0.717, 1.165) is 24.2 Å². The molecule has 1 unspecified atom stereocenters. The third-order valence-corrected chi connectivity index (χ3v) is 3.04. The Balaban J connectivity index is 2.32. The van der Waals surface area contributed by atoms with Crippen LogP contribution in [0, 0.1) is 12.7 Å². The van der Waals surface area contributed by atoms with Gasteiger partial charge in [-0.3, -0.25) is 4.68 Å². The first kappa shape index (κ1) is 12.8. The molecule has 0 bridgehead atoms. The third kappa shape index (κ3) is 2.43. The molecule has 2 N–H and O–H groups in total. The summed E-state index contributed by atoms with van der Waals surface area (Å²) in [6.07, 6.45) is 2.76. The predicted octanol–water partition coefficient (Wildman–Crippen LogP) is 2.79. The maximum Gasteiger partial charge on any atom is 0.126 e. The maximum absolute atomic E-state index is 13.2. The van der Waals surface area contributed by atoms with E-state index in [9.17, 15) is 4.39 Å². The average Bonchev–Trinajstić information content (AvgIpc) is 2.80. The van der Waals surface area contributed by atoms with Gasteiger partial charge >= 0.3 is 0 Å². The number of nitrogens with zero attached hydrogens (tertiary/aromatic N) is 2. The van der Waals surface area contributed by atoms with E-state index in [1.165, 1.54) is 6.07 Å². The summed E-state index contributed by atoms with van der Waals surface area (Å²) in [6, 6.07) is 6.64. The fourth-order valence-corrected chi connectivity index (χ4v) is 2.04. The molecule has 0 aliphatic carbocycles. The van der Waals surface area contributed by atoms with E-state index in [1.54, 1.807) is 25.3 Å². The summed E-state index contributed by atoms with van der Waals surface area (Å²) in [6.45, 7) is 4.68. The van der Waals surface area contributed by atoms with Gasteiger partial charge in [0.05, 0.1) is 11.7 Å². The Labute approximate surface area is 106 Å². The van der Waals surface area contributed by atoms with Crippen molar-refractivity contribution in [3.8, 4) is 0 Å². The molecule has 3 nitrogen and oxygen atoms in total. The Morgan fingerprint density at radius 1 is 1.39 bits per heavy atom. The monoisotopic (exact) mass is 247 g/mol. The minimum atomic E-state index is -0.265. The molecule has 2 rings (SSSR count). The van der Waals surface area contributed by atoms with E-state index < -0.39 is 0 Å². The highest BCUT2D eigenvalue weighted by Gasteiger charge is 2.14. The lowest BCUT2D eigenvalue weighted by molar-refractivity contribution is 0.559. The minimum Gasteiger partial charge on any atom is -0.319 e.